The highest BCUT2D eigenvalue weighted by molar-refractivity contribution is 8.00. The van der Waals surface area contributed by atoms with Crippen molar-refractivity contribution in [2.75, 3.05) is 26.1 Å². The molecule has 134 valence electrons. The molecule has 0 fully saturated rings. The van der Waals surface area contributed by atoms with Crippen LogP contribution in [0.25, 0.3) is 0 Å². The van der Waals surface area contributed by atoms with Crippen LogP contribution in [0.5, 0.6) is 5.88 Å². The van der Waals surface area contributed by atoms with E-state index in [9.17, 15) is 13.6 Å². The van der Waals surface area contributed by atoms with E-state index in [-0.39, 0.29) is 11.7 Å². The van der Waals surface area contributed by atoms with Crippen LogP contribution in [-0.2, 0) is 16.1 Å². The molecule has 2 aromatic rings. The number of aromatic nitrogens is 1. The summed E-state index contributed by atoms with van der Waals surface area (Å²) in [4.78, 5) is 16.4. The largest absolute Gasteiger partial charge is 0.475 e. The molecule has 2 rings (SSSR count). The summed E-state index contributed by atoms with van der Waals surface area (Å²) in [6.45, 7) is 1.22. The van der Waals surface area contributed by atoms with Crippen LogP contribution in [0.15, 0.2) is 41.4 Å². The van der Waals surface area contributed by atoms with E-state index in [1.54, 1.807) is 25.4 Å². The van der Waals surface area contributed by atoms with Crippen LogP contribution < -0.4 is 10.1 Å². The van der Waals surface area contributed by atoms with E-state index in [4.69, 9.17) is 9.47 Å². The summed E-state index contributed by atoms with van der Waals surface area (Å²) in [6, 6.07) is 7.06. The summed E-state index contributed by atoms with van der Waals surface area (Å²) in [5, 5.41) is 2.74. The lowest BCUT2D eigenvalue weighted by molar-refractivity contribution is -0.118. The van der Waals surface area contributed by atoms with Gasteiger partial charge >= 0.3 is 0 Å². The van der Waals surface area contributed by atoms with Gasteiger partial charge < -0.3 is 14.8 Å². The number of carbonyl (C=O) groups excluding carboxylic acids is 1. The summed E-state index contributed by atoms with van der Waals surface area (Å²) in [5.41, 5.74) is 0.824. The molecule has 0 atom stereocenters. The highest BCUT2D eigenvalue weighted by Crippen LogP contribution is 2.20. The number of thioether (sulfide) groups is 1. The summed E-state index contributed by atoms with van der Waals surface area (Å²) >= 11 is 1.13. The first-order valence-corrected chi connectivity index (χ1v) is 8.48. The maximum absolute atomic E-state index is 13.1. The second-order valence-electron chi connectivity index (χ2n) is 4.99. The van der Waals surface area contributed by atoms with E-state index in [2.05, 4.69) is 10.3 Å². The second-order valence-corrected chi connectivity index (χ2v) is 6.04. The molecule has 8 heteroatoms. The van der Waals surface area contributed by atoms with Gasteiger partial charge in [-0.05, 0) is 23.8 Å². The van der Waals surface area contributed by atoms with Gasteiger partial charge in [0.25, 0.3) is 0 Å². The van der Waals surface area contributed by atoms with Crippen LogP contribution in [0.3, 0.4) is 0 Å². The van der Waals surface area contributed by atoms with E-state index < -0.39 is 11.6 Å². The Morgan fingerprint density at radius 3 is 2.72 bits per heavy atom. The number of halogens is 2. The first-order chi connectivity index (χ1) is 12.1. The van der Waals surface area contributed by atoms with Crippen LogP contribution in [0.2, 0.25) is 0 Å². The van der Waals surface area contributed by atoms with Gasteiger partial charge in [0.15, 0.2) is 11.6 Å². The third-order valence-corrected chi connectivity index (χ3v) is 4.08. The smallest absolute Gasteiger partial charge is 0.230 e. The second kappa shape index (κ2) is 9.95. The number of carbonyl (C=O) groups is 1. The average molecular weight is 368 g/mol. The average Bonchev–Trinajstić information content (AvgIpc) is 2.62. The molecule has 1 amide bonds. The fourth-order valence-corrected chi connectivity index (χ4v) is 2.55. The Morgan fingerprint density at radius 1 is 1.20 bits per heavy atom. The summed E-state index contributed by atoms with van der Waals surface area (Å²) in [6.07, 6.45) is 1.62. The van der Waals surface area contributed by atoms with Gasteiger partial charge in [-0.25, -0.2) is 13.8 Å². The van der Waals surface area contributed by atoms with Gasteiger partial charge in [0.1, 0.15) is 6.61 Å². The Morgan fingerprint density at radius 2 is 2.04 bits per heavy atom. The maximum atomic E-state index is 13.1. The maximum Gasteiger partial charge on any atom is 0.230 e. The number of rotatable bonds is 9. The van der Waals surface area contributed by atoms with Gasteiger partial charge in [0.2, 0.25) is 11.8 Å². The van der Waals surface area contributed by atoms with Crippen molar-refractivity contribution in [2.24, 2.45) is 0 Å². The molecule has 0 saturated heterocycles. The minimum atomic E-state index is -0.927. The van der Waals surface area contributed by atoms with Crippen LogP contribution in [0.4, 0.5) is 8.78 Å². The van der Waals surface area contributed by atoms with E-state index in [1.807, 2.05) is 0 Å². The zero-order valence-electron chi connectivity index (χ0n) is 13.6. The van der Waals surface area contributed by atoms with Crippen LogP contribution in [-0.4, -0.2) is 37.0 Å². The molecule has 0 aliphatic heterocycles. The predicted octanol–water partition coefficient (Wildman–Crippen LogP) is 2.79. The minimum Gasteiger partial charge on any atom is -0.475 e. The standard InChI is InChI=1S/C17H18F2N2O3S/c1-23-6-7-24-17-5-2-12(10-21-17)9-20-16(22)11-25-13-3-4-14(18)15(19)8-13/h2-5,8,10H,6-7,9,11H2,1H3,(H,20,22). The first-order valence-electron chi connectivity index (χ1n) is 7.49. The van der Waals surface area contributed by atoms with Gasteiger partial charge in [-0.15, -0.1) is 11.8 Å². The van der Waals surface area contributed by atoms with Crippen molar-refractivity contribution in [3.8, 4) is 5.88 Å². The van der Waals surface area contributed by atoms with Crippen LogP contribution >= 0.6 is 11.8 Å². The lowest BCUT2D eigenvalue weighted by Gasteiger charge is -2.07. The van der Waals surface area contributed by atoms with Gasteiger partial charge in [-0.1, -0.05) is 6.07 Å². The Bertz CT molecular complexity index is 699. The zero-order chi connectivity index (χ0) is 18.1. The van der Waals surface area contributed by atoms with E-state index >= 15 is 0 Å². The molecule has 0 aliphatic carbocycles. The highest BCUT2D eigenvalue weighted by atomic mass is 32.2. The van der Waals surface area contributed by atoms with Gasteiger partial charge in [0, 0.05) is 30.8 Å². The van der Waals surface area contributed by atoms with Gasteiger partial charge in [-0.2, -0.15) is 0 Å². The van der Waals surface area contributed by atoms with Crippen LogP contribution in [0.1, 0.15) is 5.56 Å². The zero-order valence-corrected chi connectivity index (χ0v) is 14.4. The number of nitrogens with one attached hydrogen (secondary N) is 1. The Kier molecular flexibility index (Phi) is 7.62. The molecule has 0 radical (unpaired) electrons. The highest BCUT2D eigenvalue weighted by Gasteiger charge is 2.06. The van der Waals surface area contributed by atoms with Crippen LogP contribution in [0, 0.1) is 11.6 Å². The quantitative estimate of drug-likeness (QED) is 0.545. The van der Waals surface area contributed by atoms with Crippen molar-refractivity contribution >= 4 is 17.7 Å². The summed E-state index contributed by atoms with van der Waals surface area (Å²) in [7, 11) is 1.59. The minimum absolute atomic E-state index is 0.108. The molecule has 1 aromatic heterocycles. The predicted molar refractivity (Wildman–Crippen MR) is 90.5 cm³/mol. The molecule has 1 heterocycles. The number of methoxy groups -OCH3 is 1. The van der Waals surface area contributed by atoms with Crippen molar-refractivity contribution in [1.29, 1.82) is 0 Å². The lowest BCUT2D eigenvalue weighted by atomic mass is 10.3. The summed E-state index contributed by atoms with van der Waals surface area (Å²) < 4.78 is 36.2. The fraction of sp³-hybridized carbons (Fsp3) is 0.294. The molecular weight excluding hydrogens is 350 g/mol. The summed E-state index contributed by atoms with van der Waals surface area (Å²) in [5.74, 6) is -1.45. The normalized spacial score (nSPS) is 10.5. The molecule has 0 aliphatic rings. The Hall–Kier alpha value is -2.19. The van der Waals surface area contributed by atoms with Crippen molar-refractivity contribution in [3.63, 3.8) is 0 Å². The third kappa shape index (κ3) is 6.67. The molecule has 1 N–H and O–H groups in total. The van der Waals surface area contributed by atoms with Gasteiger partial charge in [0.05, 0.1) is 12.4 Å². The molecule has 0 saturated carbocycles. The fourth-order valence-electron chi connectivity index (χ4n) is 1.80. The number of amides is 1. The Balaban J connectivity index is 1.73. The van der Waals surface area contributed by atoms with E-state index in [0.29, 0.717) is 30.5 Å². The van der Waals surface area contributed by atoms with Crippen molar-refractivity contribution in [3.05, 3.63) is 53.7 Å². The molecular formula is C17H18F2N2O3S. The SMILES string of the molecule is COCCOc1ccc(CNC(=O)CSc2ccc(F)c(F)c2)cn1. The number of ether oxygens (including phenoxy) is 2. The van der Waals surface area contributed by atoms with E-state index in [1.165, 1.54) is 6.07 Å². The van der Waals surface area contributed by atoms with Crippen molar-refractivity contribution < 1.29 is 23.0 Å². The van der Waals surface area contributed by atoms with Crippen molar-refractivity contribution in [1.82, 2.24) is 10.3 Å². The number of benzene rings is 1. The van der Waals surface area contributed by atoms with E-state index in [0.717, 1.165) is 29.5 Å². The molecule has 0 unspecified atom stereocenters. The molecule has 25 heavy (non-hydrogen) atoms. The Labute approximate surface area is 148 Å². The molecule has 1 aromatic carbocycles. The monoisotopic (exact) mass is 368 g/mol. The molecule has 0 bridgehead atoms. The topological polar surface area (TPSA) is 60.5 Å². The van der Waals surface area contributed by atoms with Gasteiger partial charge in [-0.3, -0.25) is 4.79 Å². The van der Waals surface area contributed by atoms with Crippen molar-refractivity contribution in [2.45, 2.75) is 11.4 Å². The number of hydrogen-bond acceptors (Lipinski definition) is 5. The molecule has 0 spiro atoms. The first kappa shape index (κ1) is 19.1. The number of nitrogens with zero attached hydrogens (tertiary/aromatic N) is 1. The number of pyridine rings is 1. The lowest BCUT2D eigenvalue weighted by Crippen LogP contribution is -2.24. The third-order valence-electron chi connectivity index (χ3n) is 3.09. The number of hydrogen-bond donors (Lipinski definition) is 1. The molecule has 5 nitrogen and oxygen atoms in total.